The molecule has 1 atom stereocenters. The van der Waals surface area contributed by atoms with Crippen LogP contribution in [-0.4, -0.2) is 42.9 Å². The number of benzene rings is 1. The van der Waals surface area contributed by atoms with Crippen LogP contribution in [-0.2, 0) is 16.0 Å². The van der Waals surface area contributed by atoms with Crippen molar-refractivity contribution < 1.29 is 9.53 Å². The topological polar surface area (TPSA) is 108 Å². The second-order valence-electron chi connectivity index (χ2n) is 5.92. The molecule has 1 aliphatic heterocycles. The Labute approximate surface area is 153 Å². The molecule has 0 bridgehead atoms. The number of carbonyl (C=O) groups excluding carboxylic acids is 1. The van der Waals surface area contributed by atoms with E-state index in [0.29, 0.717) is 18.0 Å². The molecule has 0 spiro atoms. The number of nitrogens with one attached hydrogen (secondary N) is 1. The second-order valence-corrected chi connectivity index (χ2v) is 6.93. The van der Waals surface area contributed by atoms with Crippen LogP contribution < -0.4 is 5.32 Å². The van der Waals surface area contributed by atoms with Gasteiger partial charge in [-0.05, 0) is 47.4 Å². The van der Waals surface area contributed by atoms with Gasteiger partial charge in [-0.25, -0.2) is 4.68 Å². The first kappa shape index (κ1) is 16.7. The average Bonchev–Trinajstić information content (AvgIpc) is 3.41. The zero-order valence-corrected chi connectivity index (χ0v) is 14.7. The van der Waals surface area contributed by atoms with Crippen molar-refractivity contribution in [2.45, 2.75) is 31.8 Å². The molecular formula is C16H17N7O2S. The Morgan fingerprint density at radius 2 is 2.19 bits per heavy atom. The molecule has 0 saturated carbocycles. The summed E-state index contributed by atoms with van der Waals surface area (Å²) in [6, 6.07) is 7.76. The third-order valence-electron chi connectivity index (χ3n) is 4.08. The van der Waals surface area contributed by atoms with E-state index in [4.69, 9.17) is 4.74 Å². The predicted octanol–water partition coefficient (Wildman–Crippen LogP) is 1.94. The Bertz CT molecular complexity index is 857. The van der Waals surface area contributed by atoms with Crippen LogP contribution in [0.4, 0.5) is 5.13 Å². The maximum absolute atomic E-state index is 12.1. The summed E-state index contributed by atoms with van der Waals surface area (Å²) in [5.41, 5.74) is 1.94. The van der Waals surface area contributed by atoms with Crippen molar-refractivity contribution in [1.29, 1.82) is 0 Å². The summed E-state index contributed by atoms with van der Waals surface area (Å²) < 4.78 is 7.16. The molecule has 1 saturated heterocycles. The van der Waals surface area contributed by atoms with Crippen LogP contribution in [0.2, 0.25) is 0 Å². The van der Waals surface area contributed by atoms with Gasteiger partial charge in [0, 0.05) is 13.0 Å². The van der Waals surface area contributed by atoms with Gasteiger partial charge in [-0.3, -0.25) is 4.79 Å². The lowest BCUT2D eigenvalue weighted by Crippen LogP contribution is -2.12. The third kappa shape index (κ3) is 3.92. The van der Waals surface area contributed by atoms with Gasteiger partial charge < -0.3 is 10.1 Å². The highest BCUT2D eigenvalue weighted by atomic mass is 32.1. The molecule has 0 unspecified atom stereocenters. The van der Waals surface area contributed by atoms with Crippen molar-refractivity contribution in [1.82, 2.24) is 30.4 Å². The minimum atomic E-state index is -0.0791. The standard InChI is InChI=1S/C16H17N7O2S/c24-14(18-16-20-19-15(26-16)13-2-1-9-25-13)8-5-11-3-6-12(7-4-11)23-10-17-21-22-23/h3-4,6-7,10,13H,1-2,5,8-9H2,(H,18,20,24)/t13-/m1/s1. The third-order valence-corrected chi connectivity index (χ3v) is 5.01. The van der Waals surface area contributed by atoms with Crippen molar-refractivity contribution in [3.05, 3.63) is 41.2 Å². The van der Waals surface area contributed by atoms with E-state index >= 15 is 0 Å². The van der Waals surface area contributed by atoms with Crippen LogP contribution >= 0.6 is 11.3 Å². The Hall–Kier alpha value is -2.72. The molecule has 10 heteroatoms. The van der Waals surface area contributed by atoms with Crippen LogP contribution in [0.3, 0.4) is 0 Å². The molecular weight excluding hydrogens is 354 g/mol. The van der Waals surface area contributed by atoms with E-state index in [1.54, 1.807) is 4.68 Å². The molecule has 4 rings (SSSR count). The number of aromatic nitrogens is 6. The Morgan fingerprint density at radius 3 is 2.92 bits per heavy atom. The number of aryl methyl sites for hydroxylation is 1. The average molecular weight is 371 g/mol. The zero-order valence-electron chi connectivity index (χ0n) is 13.9. The number of nitrogens with zero attached hydrogens (tertiary/aromatic N) is 6. The molecule has 9 nitrogen and oxygen atoms in total. The quantitative estimate of drug-likeness (QED) is 0.705. The van der Waals surface area contributed by atoms with Gasteiger partial charge in [0.15, 0.2) is 0 Å². The molecule has 3 heterocycles. The zero-order chi connectivity index (χ0) is 17.8. The monoisotopic (exact) mass is 371 g/mol. The van der Waals surface area contributed by atoms with Crippen molar-refractivity contribution in [3.8, 4) is 5.69 Å². The summed E-state index contributed by atoms with van der Waals surface area (Å²) in [7, 11) is 0. The highest BCUT2D eigenvalue weighted by molar-refractivity contribution is 7.15. The van der Waals surface area contributed by atoms with Crippen molar-refractivity contribution in [2.75, 3.05) is 11.9 Å². The van der Waals surface area contributed by atoms with E-state index < -0.39 is 0 Å². The number of carbonyl (C=O) groups is 1. The van der Waals surface area contributed by atoms with Gasteiger partial charge in [-0.1, -0.05) is 23.5 Å². The molecule has 0 aliphatic carbocycles. The van der Waals surface area contributed by atoms with Crippen LogP contribution in [0, 0.1) is 0 Å². The largest absolute Gasteiger partial charge is 0.371 e. The number of rotatable bonds is 6. The summed E-state index contributed by atoms with van der Waals surface area (Å²) in [6.45, 7) is 0.762. The Balaban J connectivity index is 1.28. The minimum absolute atomic E-state index is 0.0249. The van der Waals surface area contributed by atoms with Crippen molar-refractivity contribution in [2.24, 2.45) is 0 Å². The lowest BCUT2D eigenvalue weighted by Gasteiger charge is -2.04. The van der Waals surface area contributed by atoms with E-state index in [-0.39, 0.29) is 12.0 Å². The SMILES string of the molecule is O=C(CCc1ccc(-n2cnnn2)cc1)Nc1nnc([C@H]2CCCO2)s1. The van der Waals surface area contributed by atoms with E-state index in [2.05, 4.69) is 31.0 Å². The maximum atomic E-state index is 12.1. The van der Waals surface area contributed by atoms with Gasteiger partial charge in [0.1, 0.15) is 17.4 Å². The highest BCUT2D eigenvalue weighted by Gasteiger charge is 2.22. The van der Waals surface area contributed by atoms with Gasteiger partial charge in [-0.15, -0.1) is 15.3 Å². The first-order chi connectivity index (χ1) is 12.8. The van der Waals surface area contributed by atoms with Crippen LogP contribution in [0.5, 0.6) is 0 Å². The normalized spacial score (nSPS) is 16.7. The second kappa shape index (κ2) is 7.67. The van der Waals surface area contributed by atoms with Gasteiger partial charge in [-0.2, -0.15) is 0 Å². The molecule has 1 fully saturated rings. The summed E-state index contributed by atoms with van der Waals surface area (Å²) in [4.78, 5) is 12.1. The van der Waals surface area contributed by atoms with E-state index in [9.17, 15) is 4.79 Å². The molecule has 3 aromatic rings. The van der Waals surface area contributed by atoms with E-state index in [1.807, 2.05) is 24.3 Å². The number of hydrogen-bond acceptors (Lipinski definition) is 8. The van der Waals surface area contributed by atoms with Crippen molar-refractivity contribution >= 4 is 22.4 Å². The molecule has 1 N–H and O–H groups in total. The predicted molar refractivity (Wildman–Crippen MR) is 93.9 cm³/mol. The lowest BCUT2D eigenvalue weighted by atomic mass is 10.1. The summed E-state index contributed by atoms with van der Waals surface area (Å²) in [5, 5.41) is 23.4. The van der Waals surface area contributed by atoms with Gasteiger partial charge in [0.05, 0.1) is 5.69 Å². The molecule has 1 amide bonds. The summed E-state index contributed by atoms with van der Waals surface area (Å²) in [5.74, 6) is -0.0791. The lowest BCUT2D eigenvalue weighted by molar-refractivity contribution is -0.116. The smallest absolute Gasteiger partial charge is 0.226 e. The number of tetrazole rings is 1. The van der Waals surface area contributed by atoms with Crippen LogP contribution in [0.15, 0.2) is 30.6 Å². The molecule has 0 radical (unpaired) electrons. The van der Waals surface area contributed by atoms with Crippen molar-refractivity contribution in [3.63, 3.8) is 0 Å². The fourth-order valence-corrected chi connectivity index (χ4v) is 3.57. The fraction of sp³-hybridized carbons (Fsp3) is 0.375. The van der Waals surface area contributed by atoms with Gasteiger partial charge in [0.2, 0.25) is 11.0 Å². The summed E-state index contributed by atoms with van der Waals surface area (Å²) >= 11 is 1.38. The minimum Gasteiger partial charge on any atom is -0.371 e. The van der Waals surface area contributed by atoms with E-state index in [0.717, 1.165) is 35.7 Å². The summed E-state index contributed by atoms with van der Waals surface area (Å²) in [6.07, 6.45) is 4.58. The number of anilines is 1. The van der Waals surface area contributed by atoms with Crippen LogP contribution in [0.1, 0.15) is 35.9 Å². The number of ether oxygens (including phenoxy) is 1. The van der Waals surface area contributed by atoms with Gasteiger partial charge >= 0.3 is 0 Å². The molecule has 1 aliphatic rings. The number of amides is 1. The van der Waals surface area contributed by atoms with E-state index in [1.165, 1.54) is 17.7 Å². The Kier molecular flexibility index (Phi) is 4.93. The van der Waals surface area contributed by atoms with Gasteiger partial charge in [0.25, 0.3) is 0 Å². The number of hydrogen-bond donors (Lipinski definition) is 1. The fourth-order valence-electron chi connectivity index (χ4n) is 2.72. The molecule has 26 heavy (non-hydrogen) atoms. The van der Waals surface area contributed by atoms with Crippen LogP contribution in [0.25, 0.3) is 5.69 Å². The maximum Gasteiger partial charge on any atom is 0.226 e. The first-order valence-corrected chi connectivity index (χ1v) is 9.17. The molecule has 2 aromatic heterocycles. The molecule has 1 aromatic carbocycles. The molecule has 134 valence electrons. The highest BCUT2D eigenvalue weighted by Crippen LogP contribution is 2.31. The Morgan fingerprint density at radius 1 is 1.31 bits per heavy atom. The first-order valence-electron chi connectivity index (χ1n) is 8.35.